The van der Waals surface area contributed by atoms with Crippen molar-refractivity contribution in [3.63, 3.8) is 0 Å². The number of piperazine rings is 2. The molecule has 0 radical (unpaired) electrons. The summed E-state index contributed by atoms with van der Waals surface area (Å²) in [5, 5.41) is 0.765. The Labute approximate surface area is 195 Å². The van der Waals surface area contributed by atoms with Crippen LogP contribution in [0.2, 0.25) is 5.02 Å². The molecule has 3 aliphatic heterocycles. The summed E-state index contributed by atoms with van der Waals surface area (Å²) >= 11 is 6.54. The lowest BCUT2D eigenvalue weighted by molar-refractivity contribution is -0.138. The fourth-order valence-electron chi connectivity index (χ4n) is 5.38. The summed E-state index contributed by atoms with van der Waals surface area (Å²) in [5.41, 5.74) is 3.49. The number of hydrogen-bond donors (Lipinski definition) is 0. The van der Waals surface area contributed by atoms with Gasteiger partial charge in [-0.15, -0.1) is 0 Å². The van der Waals surface area contributed by atoms with Gasteiger partial charge in [-0.1, -0.05) is 29.8 Å². The van der Waals surface area contributed by atoms with Crippen LogP contribution in [0.25, 0.3) is 0 Å². The molecule has 0 spiro atoms. The Kier molecular flexibility index (Phi) is 5.91. The third-order valence-corrected chi connectivity index (χ3v) is 7.57. The van der Waals surface area contributed by atoms with E-state index in [2.05, 4.69) is 44.8 Å². The molecule has 2 aromatic rings. The van der Waals surface area contributed by atoms with Crippen LogP contribution < -0.4 is 14.5 Å². The van der Waals surface area contributed by atoms with E-state index in [-0.39, 0.29) is 17.9 Å². The van der Waals surface area contributed by atoms with Gasteiger partial charge in [0.05, 0.1) is 29.8 Å². The zero-order valence-corrected chi connectivity index (χ0v) is 19.6. The first kappa shape index (κ1) is 21.4. The van der Waals surface area contributed by atoms with Crippen LogP contribution in [0.15, 0.2) is 42.5 Å². The number of methoxy groups -OCH3 is 1. The predicted octanol–water partition coefficient (Wildman–Crippen LogP) is 2.99. The van der Waals surface area contributed by atoms with Crippen molar-refractivity contribution in [1.29, 1.82) is 0 Å². The standard InChI is InChI=1S/C25H31ClN4O2/c1-27-9-11-28(12-10-27)25(31)20-15-18-7-8-19(32-2)16-23(18)30-14-13-29(17-24(20)30)22-6-4-3-5-21(22)26/h3-8,16,20,24H,9-15,17H2,1-2H3/t20-,24+/m1/s1. The molecule has 32 heavy (non-hydrogen) atoms. The smallest absolute Gasteiger partial charge is 0.228 e. The van der Waals surface area contributed by atoms with Gasteiger partial charge < -0.3 is 24.3 Å². The van der Waals surface area contributed by atoms with E-state index in [0.29, 0.717) is 0 Å². The number of anilines is 2. The summed E-state index contributed by atoms with van der Waals surface area (Å²) in [5.74, 6) is 1.08. The van der Waals surface area contributed by atoms with Gasteiger partial charge >= 0.3 is 0 Å². The maximum Gasteiger partial charge on any atom is 0.228 e. The zero-order valence-electron chi connectivity index (χ0n) is 18.8. The first-order valence-electron chi connectivity index (χ1n) is 11.5. The summed E-state index contributed by atoms with van der Waals surface area (Å²) < 4.78 is 5.51. The highest BCUT2D eigenvalue weighted by Crippen LogP contribution is 2.40. The summed E-state index contributed by atoms with van der Waals surface area (Å²) in [6.07, 6.45) is 0.766. The molecule has 2 atom stereocenters. The maximum atomic E-state index is 13.8. The largest absolute Gasteiger partial charge is 0.497 e. The van der Waals surface area contributed by atoms with Crippen molar-refractivity contribution in [3.05, 3.63) is 53.1 Å². The average Bonchev–Trinajstić information content (AvgIpc) is 2.83. The molecule has 170 valence electrons. The van der Waals surface area contributed by atoms with Crippen molar-refractivity contribution in [3.8, 4) is 5.75 Å². The third-order valence-electron chi connectivity index (χ3n) is 7.25. The number of hydrogen-bond acceptors (Lipinski definition) is 5. The molecule has 6 nitrogen and oxygen atoms in total. The number of likely N-dealkylation sites (N-methyl/N-ethyl adjacent to an activating group) is 1. The van der Waals surface area contributed by atoms with Crippen LogP contribution in [0.3, 0.4) is 0 Å². The van der Waals surface area contributed by atoms with Gasteiger partial charge in [0.15, 0.2) is 0 Å². The molecule has 5 rings (SSSR count). The number of amides is 1. The van der Waals surface area contributed by atoms with Crippen LogP contribution in [0.1, 0.15) is 5.56 Å². The number of ether oxygens (including phenoxy) is 1. The van der Waals surface area contributed by atoms with Crippen molar-refractivity contribution in [2.75, 3.05) is 69.8 Å². The number of carbonyl (C=O) groups excluding carboxylic acids is 1. The third kappa shape index (κ3) is 3.90. The van der Waals surface area contributed by atoms with Crippen LogP contribution in [-0.4, -0.2) is 81.7 Å². The molecule has 3 heterocycles. The molecule has 1 amide bonds. The maximum absolute atomic E-state index is 13.8. The molecular weight excluding hydrogens is 424 g/mol. The van der Waals surface area contributed by atoms with E-state index < -0.39 is 0 Å². The van der Waals surface area contributed by atoms with Gasteiger partial charge in [0, 0.05) is 57.6 Å². The van der Waals surface area contributed by atoms with Crippen molar-refractivity contribution in [2.24, 2.45) is 5.92 Å². The highest BCUT2D eigenvalue weighted by Gasteiger charge is 2.43. The monoisotopic (exact) mass is 454 g/mol. The second-order valence-corrected chi connectivity index (χ2v) is 9.50. The van der Waals surface area contributed by atoms with Crippen LogP contribution in [0.5, 0.6) is 5.75 Å². The molecule has 0 aromatic heterocycles. The molecule has 7 heteroatoms. The molecule has 3 aliphatic rings. The van der Waals surface area contributed by atoms with Crippen molar-refractivity contribution in [1.82, 2.24) is 9.80 Å². The van der Waals surface area contributed by atoms with Crippen LogP contribution >= 0.6 is 11.6 Å². The van der Waals surface area contributed by atoms with Gasteiger partial charge in [0.25, 0.3) is 0 Å². The van der Waals surface area contributed by atoms with E-state index in [1.165, 1.54) is 11.3 Å². The van der Waals surface area contributed by atoms with E-state index >= 15 is 0 Å². The first-order chi connectivity index (χ1) is 15.5. The second-order valence-electron chi connectivity index (χ2n) is 9.09. The number of nitrogens with zero attached hydrogens (tertiary/aromatic N) is 4. The Balaban J connectivity index is 1.47. The zero-order chi connectivity index (χ0) is 22.2. The SMILES string of the molecule is COc1ccc2c(c1)N1CCN(c3ccccc3Cl)C[C@H]1[C@H](C(=O)N1CCN(C)CC1)C2. The molecule has 2 fully saturated rings. The molecule has 2 aromatic carbocycles. The Morgan fingerprint density at radius 2 is 1.78 bits per heavy atom. The van der Waals surface area contributed by atoms with Crippen molar-refractivity contribution in [2.45, 2.75) is 12.5 Å². The van der Waals surface area contributed by atoms with Crippen molar-refractivity contribution < 1.29 is 9.53 Å². The Bertz CT molecular complexity index is 992. The van der Waals surface area contributed by atoms with Crippen LogP contribution in [-0.2, 0) is 11.2 Å². The number of benzene rings is 2. The second kappa shape index (κ2) is 8.83. The van der Waals surface area contributed by atoms with Gasteiger partial charge in [-0.25, -0.2) is 0 Å². The number of halogens is 1. The Morgan fingerprint density at radius 1 is 1.00 bits per heavy atom. The minimum absolute atomic E-state index is 0.0652. The highest BCUT2D eigenvalue weighted by atomic mass is 35.5. The van der Waals surface area contributed by atoms with Crippen molar-refractivity contribution >= 4 is 28.9 Å². The molecule has 0 saturated carbocycles. The van der Waals surface area contributed by atoms with E-state index in [1.54, 1.807) is 7.11 Å². The highest BCUT2D eigenvalue weighted by molar-refractivity contribution is 6.33. The van der Waals surface area contributed by atoms with Gasteiger partial charge in [0.1, 0.15) is 5.75 Å². The van der Waals surface area contributed by atoms with Gasteiger partial charge in [0.2, 0.25) is 5.91 Å². The number of carbonyl (C=O) groups is 1. The minimum atomic E-state index is -0.0652. The van der Waals surface area contributed by atoms with Crippen LogP contribution in [0.4, 0.5) is 11.4 Å². The quantitative estimate of drug-likeness (QED) is 0.713. The molecular formula is C25H31ClN4O2. The topological polar surface area (TPSA) is 39.3 Å². The summed E-state index contributed by atoms with van der Waals surface area (Å²) in [6.45, 7) is 5.99. The normalized spacial score (nSPS) is 23.5. The van der Waals surface area contributed by atoms with E-state index in [9.17, 15) is 4.79 Å². The van der Waals surface area contributed by atoms with Gasteiger partial charge in [-0.3, -0.25) is 4.79 Å². The van der Waals surface area contributed by atoms with E-state index in [0.717, 1.165) is 68.7 Å². The Morgan fingerprint density at radius 3 is 2.53 bits per heavy atom. The lowest BCUT2D eigenvalue weighted by atomic mass is 9.82. The average molecular weight is 455 g/mol. The summed E-state index contributed by atoms with van der Waals surface area (Å²) in [6, 6.07) is 14.4. The van der Waals surface area contributed by atoms with E-state index in [4.69, 9.17) is 16.3 Å². The number of rotatable bonds is 3. The summed E-state index contributed by atoms with van der Waals surface area (Å²) in [7, 11) is 3.83. The Hall–Kier alpha value is -2.44. The predicted molar refractivity (Wildman–Crippen MR) is 129 cm³/mol. The minimum Gasteiger partial charge on any atom is -0.497 e. The lowest BCUT2D eigenvalue weighted by Gasteiger charge is -2.50. The first-order valence-corrected chi connectivity index (χ1v) is 11.8. The molecule has 0 aliphatic carbocycles. The molecule has 0 N–H and O–H groups in total. The lowest BCUT2D eigenvalue weighted by Crippen LogP contribution is -2.62. The van der Waals surface area contributed by atoms with Gasteiger partial charge in [-0.05, 0) is 37.2 Å². The molecule has 0 bridgehead atoms. The van der Waals surface area contributed by atoms with Gasteiger partial charge in [-0.2, -0.15) is 0 Å². The number of para-hydroxylation sites is 1. The fourth-order valence-corrected chi connectivity index (χ4v) is 5.63. The summed E-state index contributed by atoms with van der Waals surface area (Å²) in [4.78, 5) is 22.9. The number of fused-ring (bicyclic) bond motifs is 3. The van der Waals surface area contributed by atoms with E-state index in [1.807, 2.05) is 24.3 Å². The van der Waals surface area contributed by atoms with Crippen LogP contribution in [0, 0.1) is 5.92 Å². The molecule has 0 unspecified atom stereocenters. The molecule has 2 saturated heterocycles. The fraction of sp³-hybridized carbons (Fsp3) is 0.480.